The SMILES string of the molecule is CC1CCC(NC(=O)C2CC(=O)N(Cc3ccco3)C2)(C(=O)O)CC1. The van der Waals surface area contributed by atoms with Gasteiger partial charge in [-0.3, -0.25) is 9.59 Å². The van der Waals surface area contributed by atoms with Gasteiger partial charge in [-0.1, -0.05) is 6.92 Å². The Bertz CT molecular complexity index is 646. The number of amides is 2. The number of hydrogen-bond donors (Lipinski definition) is 2. The summed E-state index contributed by atoms with van der Waals surface area (Å²) in [6.07, 6.45) is 4.08. The Labute approximate surface area is 146 Å². The first kappa shape index (κ1) is 17.5. The number of nitrogens with zero attached hydrogens (tertiary/aromatic N) is 1. The molecule has 1 saturated carbocycles. The number of carbonyl (C=O) groups is 3. The minimum absolute atomic E-state index is 0.110. The fraction of sp³-hybridized carbons (Fsp3) is 0.611. The van der Waals surface area contributed by atoms with Crippen molar-refractivity contribution >= 4 is 17.8 Å². The first-order valence-electron chi connectivity index (χ1n) is 8.75. The van der Waals surface area contributed by atoms with Gasteiger partial charge >= 0.3 is 5.97 Å². The summed E-state index contributed by atoms with van der Waals surface area (Å²) in [5, 5.41) is 12.4. The Hall–Kier alpha value is -2.31. The van der Waals surface area contributed by atoms with Gasteiger partial charge in [0.2, 0.25) is 11.8 Å². The highest BCUT2D eigenvalue weighted by Crippen LogP contribution is 2.33. The summed E-state index contributed by atoms with van der Waals surface area (Å²) in [6, 6.07) is 3.53. The van der Waals surface area contributed by atoms with Crippen LogP contribution in [-0.2, 0) is 20.9 Å². The fourth-order valence-electron chi connectivity index (χ4n) is 3.68. The van der Waals surface area contributed by atoms with Crippen molar-refractivity contribution in [1.29, 1.82) is 0 Å². The van der Waals surface area contributed by atoms with E-state index in [0.29, 0.717) is 31.1 Å². The number of nitrogens with one attached hydrogen (secondary N) is 1. The van der Waals surface area contributed by atoms with Crippen LogP contribution in [0.15, 0.2) is 22.8 Å². The summed E-state index contributed by atoms with van der Waals surface area (Å²) in [5.74, 6) is -0.813. The molecule has 3 rings (SSSR count). The molecule has 1 atom stereocenters. The molecule has 1 aliphatic heterocycles. The maximum Gasteiger partial charge on any atom is 0.329 e. The van der Waals surface area contributed by atoms with Crippen molar-refractivity contribution < 1.29 is 23.9 Å². The lowest BCUT2D eigenvalue weighted by molar-refractivity contribution is -0.150. The second-order valence-corrected chi connectivity index (χ2v) is 7.31. The van der Waals surface area contributed by atoms with Crippen molar-refractivity contribution in [3.63, 3.8) is 0 Å². The second kappa shape index (κ2) is 6.90. The van der Waals surface area contributed by atoms with Crippen molar-refractivity contribution in [2.24, 2.45) is 11.8 Å². The molecule has 136 valence electrons. The highest BCUT2D eigenvalue weighted by Gasteiger charge is 2.45. The van der Waals surface area contributed by atoms with Gasteiger partial charge in [0, 0.05) is 13.0 Å². The van der Waals surface area contributed by atoms with Gasteiger partial charge in [-0.25, -0.2) is 4.79 Å². The zero-order chi connectivity index (χ0) is 18.0. The maximum absolute atomic E-state index is 12.6. The van der Waals surface area contributed by atoms with Gasteiger partial charge in [-0.05, 0) is 43.7 Å². The van der Waals surface area contributed by atoms with Crippen LogP contribution in [0, 0.1) is 11.8 Å². The number of likely N-dealkylation sites (tertiary alicyclic amines) is 1. The summed E-state index contributed by atoms with van der Waals surface area (Å²) in [5.41, 5.74) is -1.19. The lowest BCUT2D eigenvalue weighted by Crippen LogP contribution is -2.57. The van der Waals surface area contributed by atoms with Crippen LogP contribution in [0.4, 0.5) is 0 Å². The minimum Gasteiger partial charge on any atom is -0.480 e. The molecule has 7 nitrogen and oxygen atoms in total. The van der Waals surface area contributed by atoms with E-state index in [-0.39, 0.29) is 24.8 Å². The monoisotopic (exact) mass is 348 g/mol. The fourth-order valence-corrected chi connectivity index (χ4v) is 3.68. The highest BCUT2D eigenvalue weighted by atomic mass is 16.4. The van der Waals surface area contributed by atoms with E-state index in [4.69, 9.17) is 4.42 Å². The minimum atomic E-state index is -1.19. The van der Waals surface area contributed by atoms with Crippen molar-refractivity contribution in [1.82, 2.24) is 10.2 Å². The quantitative estimate of drug-likeness (QED) is 0.845. The van der Waals surface area contributed by atoms with Gasteiger partial charge < -0.3 is 19.7 Å². The smallest absolute Gasteiger partial charge is 0.329 e. The molecule has 1 unspecified atom stereocenters. The molecule has 0 bridgehead atoms. The van der Waals surface area contributed by atoms with E-state index in [9.17, 15) is 19.5 Å². The molecule has 2 heterocycles. The van der Waals surface area contributed by atoms with Gasteiger partial charge in [-0.15, -0.1) is 0 Å². The van der Waals surface area contributed by atoms with E-state index in [1.54, 1.807) is 23.3 Å². The molecule has 2 fully saturated rings. The highest BCUT2D eigenvalue weighted by molar-refractivity contribution is 5.92. The third-order valence-electron chi connectivity index (χ3n) is 5.41. The van der Waals surface area contributed by atoms with Crippen molar-refractivity contribution in [3.8, 4) is 0 Å². The molecule has 1 saturated heterocycles. The summed E-state index contributed by atoms with van der Waals surface area (Å²) >= 11 is 0. The van der Waals surface area contributed by atoms with Crippen LogP contribution in [0.25, 0.3) is 0 Å². The number of rotatable bonds is 5. The largest absolute Gasteiger partial charge is 0.480 e. The number of aliphatic carboxylic acids is 1. The van der Waals surface area contributed by atoms with E-state index < -0.39 is 17.4 Å². The molecule has 2 N–H and O–H groups in total. The number of furan rings is 1. The van der Waals surface area contributed by atoms with E-state index >= 15 is 0 Å². The number of carboxylic acid groups (broad SMARTS) is 1. The number of carboxylic acids is 1. The van der Waals surface area contributed by atoms with Gasteiger partial charge in [0.15, 0.2) is 0 Å². The van der Waals surface area contributed by atoms with E-state index in [1.807, 2.05) is 0 Å². The van der Waals surface area contributed by atoms with Crippen molar-refractivity contribution in [2.45, 2.75) is 51.1 Å². The predicted octanol–water partition coefficient (Wildman–Crippen LogP) is 1.78. The van der Waals surface area contributed by atoms with Gasteiger partial charge in [0.1, 0.15) is 11.3 Å². The molecule has 7 heteroatoms. The third-order valence-corrected chi connectivity index (χ3v) is 5.41. The van der Waals surface area contributed by atoms with Crippen LogP contribution in [-0.4, -0.2) is 39.9 Å². The second-order valence-electron chi connectivity index (χ2n) is 7.31. The molecule has 0 spiro atoms. The summed E-state index contributed by atoms with van der Waals surface area (Å²) in [6.45, 7) is 2.71. The van der Waals surface area contributed by atoms with Crippen LogP contribution in [0.3, 0.4) is 0 Å². The third kappa shape index (κ3) is 3.70. The Balaban J connectivity index is 1.62. The van der Waals surface area contributed by atoms with E-state index in [1.165, 1.54) is 0 Å². The van der Waals surface area contributed by atoms with E-state index in [0.717, 1.165) is 12.8 Å². The Morgan fingerprint density at radius 2 is 2.12 bits per heavy atom. The van der Waals surface area contributed by atoms with Crippen LogP contribution in [0.1, 0.15) is 44.8 Å². The van der Waals surface area contributed by atoms with Crippen LogP contribution < -0.4 is 5.32 Å². The molecule has 1 aromatic heterocycles. The zero-order valence-corrected chi connectivity index (χ0v) is 14.4. The molecular weight excluding hydrogens is 324 g/mol. The summed E-state index contributed by atoms with van der Waals surface area (Å²) in [4.78, 5) is 38.1. The van der Waals surface area contributed by atoms with Gasteiger partial charge in [0.05, 0.1) is 18.7 Å². The van der Waals surface area contributed by atoms with E-state index in [2.05, 4.69) is 12.2 Å². The molecule has 1 aliphatic carbocycles. The average Bonchev–Trinajstić information content (AvgIpc) is 3.20. The lowest BCUT2D eigenvalue weighted by atomic mass is 9.77. The molecule has 2 aliphatic rings. The van der Waals surface area contributed by atoms with Crippen LogP contribution in [0.2, 0.25) is 0 Å². The topological polar surface area (TPSA) is 99.9 Å². The van der Waals surface area contributed by atoms with Crippen molar-refractivity contribution in [2.75, 3.05) is 6.54 Å². The summed E-state index contributed by atoms with van der Waals surface area (Å²) in [7, 11) is 0. The normalized spacial score (nSPS) is 29.6. The molecule has 2 amide bonds. The Morgan fingerprint density at radius 1 is 1.40 bits per heavy atom. The van der Waals surface area contributed by atoms with Crippen LogP contribution >= 0.6 is 0 Å². The standard InChI is InChI=1S/C18H24N2O5/c1-12-4-6-18(7-5-12,17(23)24)19-16(22)13-9-15(21)20(10-13)11-14-3-2-8-25-14/h2-3,8,12-13H,4-7,9-11H2,1H3,(H,19,22)(H,23,24). The number of hydrogen-bond acceptors (Lipinski definition) is 4. The first-order chi connectivity index (χ1) is 11.9. The molecular formula is C18H24N2O5. The maximum atomic E-state index is 12.6. The predicted molar refractivity (Wildman–Crippen MR) is 88.4 cm³/mol. The Kier molecular flexibility index (Phi) is 4.83. The molecule has 25 heavy (non-hydrogen) atoms. The molecule has 1 aromatic rings. The molecule has 0 radical (unpaired) electrons. The Morgan fingerprint density at radius 3 is 2.72 bits per heavy atom. The summed E-state index contributed by atoms with van der Waals surface area (Å²) < 4.78 is 5.25. The number of carbonyl (C=O) groups excluding carboxylic acids is 2. The zero-order valence-electron chi connectivity index (χ0n) is 14.4. The molecule has 0 aromatic carbocycles. The van der Waals surface area contributed by atoms with Crippen molar-refractivity contribution in [3.05, 3.63) is 24.2 Å². The van der Waals surface area contributed by atoms with Gasteiger partial charge in [0.25, 0.3) is 0 Å². The van der Waals surface area contributed by atoms with Crippen LogP contribution in [0.5, 0.6) is 0 Å². The first-order valence-corrected chi connectivity index (χ1v) is 8.75. The van der Waals surface area contributed by atoms with Gasteiger partial charge in [-0.2, -0.15) is 0 Å². The lowest BCUT2D eigenvalue weighted by Gasteiger charge is -2.37. The average molecular weight is 348 g/mol.